The van der Waals surface area contributed by atoms with E-state index < -0.39 is 5.97 Å². The second-order valence-corrected chi connectivity index (χ2v) is 7.02. The molecule has 0 aliphatic rings. The standard InChI is InChI=1S/C17H20N2O4S2/c1-22-9-8-19(10-15-18-14(11-25-15)17(21)23-2)16(20)12-24-13-6-4-3-5-7-13/h3-7,11H,8-10,12H2,1-2H3. The Bertz CT molecular complexity index is 691. The molecule has 0 aliphatic carbocycles. The van der Waals surface area contributed by atoms with Gasteiger partial charge in [0.2, 0.25) is 5.91 Å². The summed E-state index contributed by atoms with van der Waals surface area (Å²) in [4.78, 5) is 31.0. The van der Waals surface area contributed by atoms with Crippen molar-refractivity contribution in [3.05, 3.63) is 46.4 Å². The number of thioether (sulfide) groups is 1. The van der Waals surface area contributed by atoms with Crippen LogP contribution in [0.4, 0.5) is 0 Å². The summed E-state index contributed by atoms with van der Waals surface area (Å²) in [6.07, 6.45) is 0. The van der Waals surface area contributed by atoms with Crippen LogP contribution in [0.5, 0.6) is 0 Å². The van der Waals surface area contributed by atoms with E-state index in [0.29, 0.717) is 30.5 Å². The molecule has 8 heteroatoms. The minimum atomic E-state index is -0.475. The average Bonchev–Trinajstić information content (AvgIpc) is 3.12. The molecule has 1 amide bonds. The molecule has 0 saturated heterocycles. The van der Waals surface area contributed by atoms with Crippen molar-refractivity contribution in [3.8, 4) is 0 Å². The van der Waals surface area contributed by atoms with Crippen LogP contribution in [0.2, 0.25) is 0 Å². The lowest BCUT2D eigenvalue weighted by molar-refractivity contribution is -0.129. The first-order valence-electron chi connectivity index (χ1n) is 7.61. The SMILES string of the molecule is COCCN(Cc1nc(C(=O)OC)cs1)C(=O)CSc1ccccc1. The maximum absolute atomic E-state index is 12.6. The quantitative estimate of drug-likeness (QED) is 0.492. The van der Waals surface area contributed by atoms with Crippen LogP contribution in [0.1, 0.15) is 15.5 Å². The third kappa shape index (κ3) is 6.15. The van der Waals surface area contributed by atoms with Gasteiger partial charge >= 0.3 is 5.97 Å². The molecule has 0 spiro atoms. The predicted octanol–water partition coefficient (Wildman–Crippen LogP) is 2.70. The lowest BCUT2D eigenvalue weighted by Gasteiger charge is -2.21. The van der Waals surface area contributed by atoms with Crippen LogP contribution in [0.15, 0.2) is 40.6 Å². The smallest absolute Gasteiger partial charge is 0.357 e. The first-order valence-corrected chi connectivity index (χ1v) is 9.48. The number of thiazole rings is 1. The lowest BCUT2D eigenvalue weighted by atomic mass is 10.4. The van der Waals surface area contributed by atoms with Crippen LogP contribution in [-0.4, -0.2) is 54.9 Å². The first-order chi connectivity index (χ1) is 12.1. The van der Waals surface area contributed by atoms with Gasteiger partial charge in [0, 0.05) is 23.9 Å². The molecule has 0 bridgehead atoms. The molecular weight excluding hydrogens is 360 g/mol. The summed E-state index contributed by atoms with van der Waals surface area (Å²) in [5.41, 5.74) is 0.264. The fourth-order valence-corrected chi connectivity index (χ4v) is 3.59. The van der Waals surface area contributed by atoms with Crippen LogP contribution >= 0.6 is 23.1 Å². The van der Waals surface area contributed by atoms with Crippen molar-refractivity contribution in [3.63, 3.8) is 0 Å². The Hall–Kier alpha value is -1.90. The van der Waals surface area contributed by atoms with Gasteiger partial charge in [0.05, 0.1) is 26.0 Å². The number of rotatable bonds is 9. The molecule has 6 nitrogen and oxygen atoms in total. The Labute approximate surface area is 155 Å². The van der Waals surface area contributed by atoms with E-state index in [0.717, 1.165) is 4.90 Å². The van der Waals surface area contributed by atoms with Gasteiger partial charge in [-0.05, 0) is 12.1 Å². The summed E-state index contributed by atoms with van der Waals surface area (Å²) >= 11 is 2.82. The number of esters is 1. The number of ether oxygens (including phenoxy) is 2. The highest BCUT2D eigenvalue weighted by Gasteiger charge is 2.18. The Kier molecular flexibility index (Phi) is 7.90. The third-order valence-electron chi connectivity index (χ3n) is 3.30. The van der Waals surface area contributed by atoms with Crippen LogP contribution in [0.25, 0.3) is 0 Å². The summed E-state index contributed by atoms with van der Waals surface area (Å²) in [5, 5.41) is 2.33. The number of hydrogen-bond acceptors (Lipinski definition) is 7. The zero-order valence-corrected chi connectivity index (χ0v) is 15.8. The highest BCUT2D eigenvalue weighted by atomic mass is 32.2. The molecule has 0 fully saturated rings. The van der Waals surface area contributed by atoms with Gasteiger partial charge in [-0.1, -0.05) is 18.2 Å². The molecule has 0 aliphatic heterocycles. The Morgan fingerprint density at radius 1 is 1.24 bits per heavy atom. The molecule has 2 rings (SSSR count). The third-order valence-corrected chi connectivity index (χ3v) is 5.13. The normalized spacial score (nSPS) is 10.5. The van der Waals surface area contributed by atoms with Gasteiger partial charge in [0.25, 0.3) is 0 Å². The van der Waals surface area contributed by atoms with Crippen molar-refractivity contribution in [1.82, 2.24) is 9.88 Å². The van der Waals surface area contributed by atoms with Crippen LogP contribution < -0.4 is 0 Å². The molecular formula is C17H20N2O4S2. The molecule has 2 aromatic rings. The number of carbonyl (C=O) groups is 2. The number of amides is 1. The van der Waals surface area contributed by atoms with Gasteiger partial charge in [0.1, 0.15) is 5.01 Å². The van der Waals surface area contributed by atoms with E-state index >= 15 is 0 Å². The van der Waals surface area contributed by atoms with Crippen molar-refractivity contribution >= 4 is 35.0 Å². The first kappa shape index (κ1) is 19.4. The molecule has 0 N–H and O–H groups in total. The van der Waals surface area contributed by atoms with Gasteiger partial charge in [-0.2, -0.15) is 0 Å². The minimum Gasteiger partial charge on any atom is -0.464 e. The average molecular weight is 380 g/mol. The summed E-state index contributed by atoms with van der Waals surface area (Å²) in [6, 6.07) is 9.78. The molecule has 25 heavy (non-hydrogen) atoms. The fourth-order valence-electron chi connectivity index (χ4n) is 1.99. The predicted molar refractivity (Wildman–Crippen MR) is 97.9 cm³/mol. The zero-order valence-electron chi connectivity index (χ0n) is 14.1. The van der Waals surface area contributed by atoms with E-state index in [9.17, 15) is 9.59 Å². The van der Waals surface area contributed by atoms with Gasteiger partial charge in [-0.25, -0.2) is 9.78 Å². The number of aromatic nitrogens is 1. The molecule has 1 heterocycles. The van der Waals surface area contributed by atoms with Gasteiger partial charge in [0.15, 0.2) is 5.69 Å². The Morgan fingerprint density at radius 2 is 2.00 bits per heavy atom. The van der Waals surface area contributed by atoms with Crippen LogP contribution in [-0.2, 0) is 20.8 Å². The lowest BCUT2D eigenvalue weighted by Crippen LogP contribution is -2.34. The maximum Gasteiger partial charge on any atom is 0.357 e. The number of benzene rings is 1. The van der Waals surface area contributed by atoms with Crippen molar-refractivity contribution in [2.45, 2.75) is 11.4 Å². The van der Waals surface area contributed by atoms with E-state index in [1.165, 1.54) is 30.2 Å². The summed E-state index contributed by atoms with van der Waals surface area (Å²) < 4.78 is 9.75. The van der Waals surface area contributed by atoms with E-state index in [1.54, 1.807) is 17.4 Å². The summed E-state index contributed by atoms with van der Waals surface area (Å²) in [7, 11) is 2.91. The largest absolute Gasteiger partial charge is 0.464 e. The van der Waals surface area contributed by atoms with Crippen LogP contribution in [0, 0.1) is 0 Å². The van der Waals surface area contributed by atoms with Gasteiger partial charge in [-0.15, -0.1) is 23.1 Å². The minimum absolute atomic E-state index is 0.000668. The van der Waals surface area contributed by atoms with Crippen molar-refractivity contribution in [2.75, 3.05) is 33.1 Å². The molecule has 0 saturated carbocycles. The molecule has 1 aromatic heterocycles. The number of carbonyl (C=O) groups excluding carboxylic acids is 2. The van der Waals surface area contributed by atoms with Crippen molar-refractivity contribution in [1.29, 1.82) is 0 Å². The van der Waals surface area contributed by atoms with Crippen molar-refractivity contribution < 1.29 is 19.1 Å². The van der Waals surface area contributed by atoms with E-state index in [4.69, 9.17) is 4.74 Å². The summed E-state index contributed by atoms with van der Waals surface area (Å²) in [6.45, 7) is 1.26. The summed E-state index contributed by atoms with van der Waals surface area (Å²) in [5.74, 6) is -0.138. The Morgan fingerprint density at radius 3 is 2.68 bits per heavy atom. The van der Waals surface area contributed by atoms with E-state index in [1.807, 2.05) is 30.3 Å². The Balaban J connectivity index is 1.98. The van der Waals surface area contributed by atoms with Gasteiger partial charge < -0.3 is 14.4 Å². The second kappa shape index (κ2) is 10.2. The van der Waals surface area contributed by atoms with E-state index in [-0.39, 0.29) is 11.6 Å². The van der Waals surface area contributed by atoms with Gasteiger partial charge in [-0.3, -0.25) is 4.79 Å². The topological polar surface area (TPSA) is 68.7 Å². The molecule has 1 aromatic carbocycles. The number of nitrogens with zero attached hydrogens (tertiary/aromatic N) is 2. The highest BCUT2D eigenvalue weighted by molar-refractivity contribution is 8.00. The second-order valence-electron chi connectivity index (χ2n) is 5.03. The highest BCUT2D eigenvalue weighted by Crippen LogP contribution is 2.19. The van der Waals surface area contributed by atoms with E-state index in [2.05, 4.69) is 9.72 Å². The maximum atomic E-state index is 12.6. The van der Waals surface area contributed by atoms with Crippen molar-refractivity contribution in [2.24, 2.45) is 0 Å². The molecule has 134 valence electrons. The molecule has 0 radical (unpaired) electrons. The zero-order chi connectivity index (χ0) is 18.1. The molecule has 0 unspecified atom stereocenters. The monoisotopic (exact) mass is 380 g/mol. The molecule has 0 atom stereocenters. The number of methoxy groups -OCH3 is 2. The van der Waals surface area contributed by atoms with Crippen LogP contribution in [0.3, 0.4) is 0 Å². The fraction of sp³-hybridized carbons (Fsp3) is 0.353. The number of hydrogen-bond donors (Lipinski definition) is 0.